The third kappa shape index (κ3) is 4.19. The number of thioether (sulfide) groups is 1. The summed E-state index contributed by atoms with van der Waals surface area (Å²) < 4.78 is 10.7. The summed E-state index contributed by atoms with van der Waals surface area (Å²) in [4.78, 5) is 4.43. The molecule has 0 spiro atoms. The van der Waals surface area contributed by atoms with Crippen molar-refractivity contribution in [2.24, 2.45) is 5.73 Å². The molecular formula is C14H19N3OS2. The highest BCUT2D eigenvalue weighted by Crippen LogP contribution is 2.25. The van der Waals surface area contributed by atoms with Gasteiger partial charge in [-0.25, -0.2) is 4.98 Å². The molecule has 1 atom stereocenters. The summed E-state index contributed by atoms with van der Waals surface area (Å²) in [6.45, 7) is 4.71. The van der Waals surface area contributed by atoms with Crippen molar-refractivity contribution < 1.29 is 4.74 Å². The van der Waals surface area contributed by atoms with Crippen LogP contribution >= 0.6 is 23.3 Å². The smallest absolute Gasteiger partial charge is 0.170 e. The van der Waals surface area contributed by atoms with Crippen LogP contribution in [0, 0.1) is 0 Å². The van der Waals surface area contributed by atoms with Crippen molar-refractivity contribution in [3.8, 4) is 5.75 Å². The fraction of sp³-hybridized carbons (Fsp3) is 0.429. The molecule has 6 heteroatoms. The molecular weight excluding hydrogens is 290 g/mol. The number of nitrogens with two attached hydrogens (primary N) is 1. The van der Waals surface area contributed by atoms with Crippen molar-refractivity contribution in [3.63, 3.8) is 0 Å². The zero-order valence-corrected chi connectivity index (χ0v) is 13.3. The molecule has 20 heavy (non-hydrogen) atoms. The van der Waals surface area contributed by atoms with E-state index < -0.39 is 0 Å². The third-order valence-electron chi connectivity index (χ3n) is 2.77. The molecule has 2 aromatic rings. The normalized spacial score (nSPS) is 12.3. The number of aryl methyl sites for hydroxylation is 1. The summed E-state index contributed by atoms with van der Waals surface area (Å²) in [6, 6.07) is 7.96. The predicted molar refractivity (Wildman–Crippen MR) is 84.6 cm³/mol. The molecule has 1 heterocycles. The molecule has 0 bridgehead atoms. The van der Waals surface area contributed by atoms with Crippen LogP contribution in [-0.2, 0) is 6.42 Å². The minimum Gasteiger partial charge on any atom is -0.494 e. The first kappa shape index (κ1) is 15.3. The van der Waals surface area contributed by atoms with Crippen LogP contribution in [0.3, 0.4) is 0 Å². The van der Waals surface area contributed by atoms with Gasteiger partial charge < -0.3 is 10.5 Å². The Morgan fingerprint density at radius 3 is 2.65 bits per heavy atom. The number of ether oxygens (including phenoxy) is 1. The summed E-state index contributed by atoms with van der Waals surface area (Å²) in [5.74, 6) is 2.59. The fourth-order valence-corrected chi connectivity index (χ4v) is 3.39. The van der Waals surface area contributed by atoms with Crippen LogP contribution in [0.4, 0.5) is 0 Å². The lowest BCUT2D eigenvalue weighted by Crippen LogP contribution is -2.12. The second-order valence-corrected chi connectivity index (χ2v) is 6.27. The van der Waals surface area contributed by atoms with E-state index >= 15 is 0 Å². The maximum absolute atomic E-state index is 6.20. The molecule has 1 aromatic carbocycles. The predicted octanol–water partition coefficient (Wildman–Crippen LogP) is 3.29. The SMILES string of the molecule is CCOc1ccc(C(N)CSc2nc(CC)ns2)cc1. The van der Waals surface area contributed by atoms with Gasteiger partial charge in [0.15, 0.2) is 4.34 Å². The van der Waals surface area contributed by atoms with Gasteiger partial charge in [0, 0.05) is 18.2 Å². The number of hydrogen-bond acceptors (Lipinski definition) is 6. The molecule has 1 aromatic heterocycles. The monoisotopic (exact) mass is 309 g/mol. The van der Waals surface area contributed by atoms with E-state index in [9.17, 15) is 0 Å². The zero-order valence-electron chi connectivity index (χ0n) is 11.7. The van der Waals surface area contributed by atoms with Crippen LogP contribution in [0.15, 0.2) is 28.6 Å². The second-order valence-electron chi connectivity index (χ2n) is 4.25. The van der Waals surface area contributed by atoms with E-state index in [-0.39, 0.29) is 6.04 Å². The maximum Gasteiger partial charge on any atom is 0.170 e. The number of hydrogen-bond donors (Lipinski definition) is 1. The van der Waals surface area contributed by atoms with Crippen molar-refractivity contribution in [1.29, 1.82) is 0 Å². The van der Waals surface area contributed by atoms with Gasteiger partial charge in [0.1, 0.15) is 11.6 Å². The van der Waals surface area contributed by atoms with Gasteiger partial charge in [-0.2, -0.15) is 4.37 Å². The third-order valence-corrected chi connectivity index (χ3v) is 4.76. The molecule has 0 aliphatic rings. The Bertz CT molecular complexity index is 527. The van der Waals surface area contributed by atoms with Crippen molar-refractivity contribution in [1.82, 2.24) is 9.36 Å². The van der Waals surface area contributed by atoms with Crippen LogP contribution < -0.4 is 10.5 Å². The van der Waals surface area contributed by atoms with Crippen LogP contribution in [0.2, 0.25) is 0 Å². The Kier molecular flexibility index (Phi) is 5.82. The van der Waals surface area contributed by atoms with E-state index in [1.165, 1.54) is 11.5 Å². The minimum absolute atomic E-state index is 0.00958. The summed E-state index contributed by atoms with van der Waals surface area (Å²) in [7, 11) is 0. The zero-order chi connectivity index (χ0) is 14.4. The number of benzene rings is 1. The molecule has 0 saturated heterocycles. The Morgan fingerprint density at radius 2 is 2.05 bits per heavy atom. The lowest BCUT2D eigenvalue weighted by Gasteiger charge is -2.11. The molecule has 0 radical (unpaired) electrons. The Labute approximate surface area is 127 Å². The number of rotatable bonds is 7. The lowest BCUT2D eigenvalue weighted by molar-refractivity contribution is 0.340. The van der Waals surface area contributed by atoms with Gasteiger partial charge in [0.25, 0.3) is 0 Å². The quantitative estimate of drug-likeness (QED) is 0.795. The van der Waals surface area contributed by atoms with Gasteiger partial charge in [-0.15, -0.1) is 0 Å². The van der Waals surface area contributed by atoms with Crippen LogP contribution in [0.25, 0.3) is 0 Å². The van der Waals surface area contributed by atoms with Gasteiger partial charge in [0.2, 0.25) is 0 Å². The molecule has 1 unspecified atom stereocenters. The van der Waals surface area contributed by atoms with E-state index in [0.29, 0.717) is 6.61 Å². The summed E-state index contributed by atoms with van der Waals surface area (Å²) >= 11 is 3.11. The lowest BCUT2D eigenvalue weighted by atomic mass is 10.1. The first-order valence-electron chi connectivity index (χ1n) is 6.66. The van der Waals surface area contributed by atoms with Gasteiger partial charge >= 0.3 is 0 Å². The molecule has 0 aliphatic carbocycles. The van der Waals surface area contributed by atoms with Crippen LogP contribution in [0.1, 0.15) is 31.3 Å². The largest absolute Gasteiger partial charge is 0.494 e. The molecule has 2 rings (SSSR count). The van der Waals surface area contributed by atoms with Crippen LogP contribution in [0.5, 0.6) is 5.75 Å². The average Bonchev–Trinajstić information content (AvgIpc) is 2.94. The topological polar surface area (TPSA) is 61.0 Å². The van der Waals surface area contributed by atoms with E-state index in [1.807, 2.05) is 31.2 Å². The van der Waals surface area contributed by atoms with Gasteiger partial charge in [-0.05, 0) is 36.2 Å². The van der Waals surface area contributed by atoms with E-state index in [4.69, 9.17) is 10.5 Å². The highest BCUT2D eigenvalue weighted by Gasteiger charge is 2.09. The maximum atomic E-state index is 6.20. The van der Waals surface area contributed by atoms with Crippen molar-refractivity contribution >= 4 is 23.3 Å². The molecule has 0 saturated carbocycles. The van der Waals surface area contributed by atoms with E-state index in [2.05, 4.69) is 16.3 Å². The average molecular weight is 309 g/mol. The summed E-state index contributed by atoms with van der Waals surface area (Å²) in [5.41, 5.74) is 7.31. The van der Waals surface area contributed by atoms with Crippen molar-refractivity contribution in [2.45, 2.75) is 30.6 Å². The molecule has 0 amide bonds. The molecule has 4 nitrogen and oxygen atoms in total. The molecule has 0 aliphatic heterocycles. The van der Waals surface area contributed by atoms with Gasteiger partial charge in [-0.3, -0.25) is 0 Å². The van der Waals surface area contributed by atoms with Gasteiger partial charge in [0.05, 0.1) is 6.61 Å². The number of nitrogens with zero attached hydrogens (tertiary/aromatic N) is 2. The fourth-order valence-electron chi connectivity index (χ4n) is 1.68. The Balaban J connectivity index is 1.89. The summed E-state index contributed by atoms with van der Waals surface area (Å²) in [5, 5.41) is 0. The minimum atomic E-state index is -0.00958. The molecule has 108 valence electrons. The summed E-state index contributed by atoms with van der Waals surface area (Å²) in [6.07, 6.45) is 0.877. The second kappa shape index (κ2) is 7.61. The standard InChI is InChI=1S/C14H19N3OS2/c1-3-13-16-14(20-17-13)19-9-12(15)10-5-7-11(8-6-10)18-4-2/h5-8,12H,3-4,9,15H2,1-2H3. The van der Waals surface area contributed by atoms with E-state index in [1.54, 1.807) is 11.8 Å². The van der Waals surface area contributed by atoms with E-state index in [0.717, 1.165) is 33.7 Å². The van der Waals surface area contributed by atoms with Crippen LogP contribution in [-0.4, -0.2) is 21.7 Å². The molecule has 2 N–H and O–H groups in total. The first-order valence-corrected chi connectivity index (χ1v) is 8.42. The van der Waals surface area contributed by atoms with Gasteiger partial charge in [-0.1, -0.05) is 30.8 Å². The first-order chi connectivity index (χ1) is 9.72. The Morgan fingerprint density at radius 1 is 1.30 bits per heavy atom. The highest BCUT2D eigenvalue weighted by atomic mass is 32.2. The molecule has 0 fully saturated rings. The number of aromatic nitrogens is 2. The van der Waals surface area contributed by atoms with Crippen molar-refractivity contribution in [3.05, 3.63) is 35.7 Å². The Hall–Kier alpha value is -1.11. The van der Waals surface area contributed by atoms with Crippen molar-refractivity contribution in [2.75, 3.05) is 12.4 Å². The highest BCUT2D eigenvalue weighted by molar-refractivity contribution is 8.00.